The average molecular weight is 255 g/mol. The zero-order valence-electron chi connectivity index (χ0n) is 10.4. The van der Waals surface area contributed by atoms with Crippen LogP contribution in [0, 0.1) is 11.6 Å². The maximum Gasteiger partial charge on any atom is 0.128 e. The number of rotatable bonds is 4. The van der Waals surface area contributed by atoms with Crippen molar-refractivity contribution in [2.24, 2.45) is 5.73 Å². The first-order valence-corrected chi connectivity index (χ1v) is 6.49. The first-order chi connectivity index (χ1) is 8.66. The van der Waals surface area contributed by atoms with E-state index in [-0.39, 0.29) is 11.7 Å². The van der Waals surface area contributed by atoms with Crippen molar-refractivity contribution >= 4 is 0 Å². The SMILES string of the molecule is NC(CCC1CCCCO1)c1cc(F)ccc1F. The first-order valence-electron chi connectivity index (χ1n) is 6.49. The second-order valence-corrected chi connectivity index (χ2v) is 4.84. The molecule has 1 aromatic rings. The summed E-state index contributed by atoms with van der Waals surface area (Å²) < 4.78 is 32.2. The fourth-order valence-corrected chi connectivity index (χ4v) is 2.35. The zero-order valence-corrected chi connectivity index (χ0v) is 10.4. The Bertz CT molecular complexity index is 391. The van der Waals surface area contributed by atoms with Gasteiger partial charge in [0.1, 0.15) is 11.6 Å². The minimum atomic E-state index is -0.466. The first kappa shape index (κ1) is 13.4. The Balaban J connectivity index is 1.90. The van der Waals surface area contributed by atoms with Gasteiger partial charge in [-0.25, -0.2) is 8.78 Å². The monoisotopic (exact) mass is 255 g/mol. The molecule has 0 aliphatic carbocycles. The van der Waals surface area contributed by atoms with Crippen molar-refractivity contribution in [1.82, 2.24) is 0 Å². The van der Waals surface area contributed by atoms with Crippen LogP contribution >= 0.6 is 0 Å². The molecule has 0 amide bonds. The summed E-state index contributed by atoms with van der Waals surface area (Å²) in [5.41, 5.74) is 6.18. The second kappa shape index (κ2) is 6.25. The van der Waals surface area contributed by atoms with Gasteiger partial charge in [0.2, 0.25) is 0 Å². The summed E-state index contributed by atoms with van der Waals surface area (Å²) in [7, 11) is 0. The van der Waals surface area contributed by atoms with Crippen LogP contribution in [-0.2, 0) is 4.74 Å². The van der Waals surface area contributed by atoms with Crippen LogP contribution in [-0.4, -0.2) is 12.7 Å². The van der Waals surface area contributed by atoms with Gasteiger partial charge in [-0.2, -0.15) is 0 Å². The van der Waals surface area contributed by atoms with Crippen LogP contribution in [0.3, 0.4) is 0 Å². The molecule has 100 valence electrons. The van der Waals surface area contributed by atoms with Gasteiger partial charge in [0.05, 0.1) is 6.10 Å². The molecule has 0 radical (unpaired) electrons. The molecule has 2 nitrogen and oxygen atoms in total. The summed E-state index contributed by atoms with van der Waals surface area (Å²) >= 11 is 0. The van der Waals surface area contributed by atoms with Crippen molar-refractivity contribution in [2.75, 3.05) is 6.61 Å². The van der Waals surface area contributed by atoms with Crippen molar-refractivity contribution in [3.05, 3.63) is 35.4 Å². The number of benzene rings is 1. The standard InChI is InChI=1S/C14H19F2NO/c15-10-4-6-13(16)12(9-10)14(17)7-5-11-3-1-2-8-18-11/h4,6,9,11,14H,1-3,5,7-8,17H2. The molecule has 2 N–H and O–H groups in total. The molecule has 0 bridgehead atoms. The Labute approximate surface area is 106 Å². The lowest BCUT2D eigenvalue weighted by Gasteiger charge is -2.24. The van der Waals surface area contributed by atoms with Gasteiger partial charge in [-0.1, -0.05) is 0 Å². The molecule has 2 atom stereocenters. The highest BCUT2D eigenvalue weighted by Gasteiger charge is 2.17. The molecule has 1 heterocycles. The Morgan fingerprint density at radius 1 is 1.33 bits per heavy atom. The number of hydrogen-bond acceptors (Lipinski definition) is 2. The summed E-state index contributed by atoms with van der Waals surface area (Å²) in [6.45, 7) is 0.800. The van der Waals surface area contributed by atoms with E-state index in [4.69, 9.17) is 10.5 Å². The number of ether oxygens (including phenoxy) is 1. The van der Waals surface area contributed by atoms with Crippen LogP contribution in [0.25, 0.3) is 0 Å². The summed E-state index contributed by atoms with van der Waals surface area (Å²) in [6, 6.07) is 2.95. The van der Waals surface area contributed by atoms with Crippen molar-refractivity contribution in [3.8, 4) is 0 Å². The molecule has 1 fully saturated rings. The van der Waals surface area contributed by atoms with Gasteiger partial charge in [-0.15, -0.1) is 0 Å². The second-order valence-electron chi connectivity index (χ2n) is 4.84. The molecule has 2 rings (SSSR count). The van der Waals surface area contributed by atoms with E-state index in [1.54, 1.807) is 0 Å². The molecular weight excluding hydrogens is 236 g/mol. The molecule has 2 unspecified atom stereocenters. The van der Waals surface area contributed by atoms with Crippen LogP contribution < -0.4 is 5.73 Å². The highest BCUT2D eigenvalue weighted by molar-refractivity contribution is 5.21. The third-order valence-corrected chi connectivity index (χ3v) is 3.43. The van der Waals surface area contributed by atoms with E-state index < -0.39 is 17.7 Å². The highest BCUT2D eigenvalue weighted by Crippen LogP contribution is 2.24. The molecule has 0 aromatic heterocycles. The maximum atomic E-state index is 13.5. The largest absolute Gasteiger partial charge is 0.378 e. The van der Waals surface area contributed by atoms with Crippen LogP contribution in [0.1, 0.15) is 43.7 Å². The van der Waals surface area contributed by atoms with Crippen LogP contribution in [0.15, 0.2) is 18.2 Å². The van der Waals surface area contributed by atoms with Gasteiger partial charge in [0, 0.05) is 18.2 Å². The molecule has 18 heavy (non-hydrogen) atoms. The quantitative estimate of drug-likeness (QED) is 0.895. The van der Waals surface area contributed by atoms with Crippen LogP contribution in [0.5, 0.6) is 0 Å². The summed E-state index contributed by atoms with van der Waals surface area (Å²) in [5.74, 6) is -0.885. The molecule has 0 spiro atoms. The van der Waals surface area contributed by atoms with E-state index in [1.807, 2.05) is 0 Å². The summed E-state index contributed by atoms with van der Waals surface area (Å²) in [4.78, 5) is 0. The van der Waals surface area contributed by atoms with Crippen LogP contribution in [0.2, 0.25) is 0 Å². The van der Waals surface area contributed by atoms with Crippen molar-refractivity contribution < 1.29 is 13.5 Å². The maximum absolute atomic E-state index is 13.5. The summed E-state index contributed by atoms with van der Waals surface area (Å²) in [5, 5.41) is 0. The van der Waals surface area contributed by atoms with E-state index in [1.165, 1.54) is 12.5 Å². The van der Waals surface area contributed by atoms with E-state index in [9.17, 15) is 8.78 Å². The highest BCUT2D eigenvalue weighted by atomic mass is 19.1. The topological polar surface area (TPSA) is 35.2 Å². The predicted molar refractivity (Wildman–Crippen MR) is 66.1 cm³/mol. The minimum absolute atomic E-state index is 0.224. The number of nitrogens with two attached hydrogens (primary N) is 1. The molecule has 1 aliphatic rings. The lowest BCUT2D eigenvalue weighted by molar-refractivity contribution is 0.00907. The molecule has 4 heteroatoms. The summed E-state index contributed by atoms with van der Waals surface area (Å²) in [6.07, 6.45) is 4.97. The smallest absolute Gasteiger partial charge is 0.128 e. The van der Waals surface area contributed by atoms with E-state index in [0.29, 0.717) is 6.42 Å². The normalized spacial score (nSPS) is 21.8. The molecular formula is C14H19F2NO. The average Bonchev–Trinajstić information content (AvgIpc) is 2.40. The lowest BCUT2D eigenvalue weighted by Crippen LogP contribution is -2.21. The third-order valence-electron chi connectivity index (χ3n) is 3.43. The lowest BCUT2D eigenvalue weighted by atomic mass is 9.97. The van der Waals surface area contributed by atoms with Gasteiger partial charge in [0.25, 0.3) is 0 Å². The zero-order chi connectivity index (χ0) is 13.0. The fourth-order valence-electron chi connectivity index (χ4n) is 2.35. The van der Waals surface area contributed by atoms with Gasteiger partial charge in [-0.3, -0.25) is 0 Å². The Morgan fingerprint density at radius 3 is 2.89 bits per heavy atom. The Kier molecular flexibility index (Phi) is 4.66. The molecule has 0 saturated carbocycles. The molecule has 1 aromatic carbocycles. The third kappa shape index (κ3) is 3.50. The van der Waals surface area contributed by atoms with Gasteiger partial charge in [0.15, 0.2) is 0 Å². The van der Waals surface area contributed by atoms with E-state index >= 15 is 0 Å². The molecule has 1 saturated heterocycles. The molecule has 1 aliphatic heterocycles. The number of halogens is 2. The fraction of sp³-hybridized carbons (Fsp3) is 0.571. The van der Waals surface area contributed by atoms with Crippen molar-refractivity contribution in [2.45, 2.75) is 44.2 Å². The van der Waals surface area contributed by atoms with Gasteiger partial charge < -0.3 is 10.5 Å². The van der Waals surface area contributed by atoms with E-state index in [2.05, 4.69) is 0 Å². The Morgan fingerprint density at radius 2 is 2.17 bits per heavy atom. The van der Waals surface area contributed by atoms with E-state index in [0.717, 1.165) is 38.0 Å². The number of hydrogen-bond donors (Lipinski definition) is 1. The van der Waals surface area contributed by atoms with Crippen LogP contribution in [0.4, 0.5) is 8.78 Å². The predicted octanol–water partition coefficient (Wildman–Crippen LogP) is 3.31. The Hall–Kier alpha value is -1.00. The van der Waals surface area contributed by atoms with Crippen molar-refractivity contribution in [3.63, 3.8) is 0 Å². The van der Waals surface area contributed by atoms with Gasteiger partial charge in [-0.05, 0) is 50.3 Å². The van der Waals surface area contributed by atoms with Gasteiger partial charge >= 0.3 is 0 Å². The minimum Gasteiger partial charge on any atom is -0.378 e. The van der Waals surface area contributed by atoms with Crippen molar-refractivity contribution in [1.29, 1.82) is 0 Å².